The van der Waals surface area contributed by atoms with E-state index in [0.29, 0.717) is 16.8 Å². The maximum Gasteiger partial charge on any atom is 0.253 e. The number of nitrogens with zero attached hydrogens (tertiary/aromatic N) is 2. The summed E-state index contributed by atoms with van der Waals surface area (Å²) in [6.45, 7) is 1.61. The van der Waals surface area contributed by atoms with Crippen molar-refractivity contribution >= 4 is 11.6 Å². The summed E-state index contributed by atoms with van der Waals surface area (Å²) in [6, 6.07) is 12.1. The van der Waals surface area contributed by atoms with Gasteiger partial charge in [0.05, 0.1) is 11.3 Å². The summed E-state index contributed by atoms with van der Waals surface area (Å²) in [5.41, 5.74) is 1.21. The Morgan fingerprint density at radius 2 is 2.05 bits per heavy atom. The Kier molecular flexibility index (Phi) is 3.96. The van der Waals surface area contributed by atoms with Gasteiger partial charge in [-0.1, -0.05) is 18.2 Å². The van der Waals surface area contributed by atoms with Crippen LogP contribution in [0.15, 0.2) is 47.4 Å². The summed E-state index contributed by atoms with van der Waals surface area (Å²) < 4.78 is 1.33. The fourth-order valence-electron chi connectivity index (χ4n) is 1.82. The number of hydrogen-bond acceptors (Lipinski definition) is 3. The third-order valence-corrected chi connectivity index (χ3v) is 2.85. The second-order valence-electron chi connectivity index (χ2n) is 4.33. The van der Waals surface area contributed by atoms with Gasteiger partial charge in [0.1, 0.15) is 12.6 Å². The predicted molar refractivity (Wildman–Crippen MR) is 75.2 cm³/mol. The number of carbonyl (C=O) groups is 1. The Hall–Kier alpha value is -2.87. The number of nitriles is 1. The highest BCUT2D eigenvalue weighted by atomic mass is 16.2. The lowest BCUT2D eigenvalue weighted by molar-refractivity contribution is -0.116. The second kappa shape index (κ2) is 5.85. The van der Waals surface area contributed by atoms with Crippen LogP contribution < -0.4 is 10.9 Å². The molecule has 2 aromatic rings. The van der Waals surface area contributed by atoms with Gasteiger partial charge in [-0.05, 0) is 25.1 Å². The first-order valence-electron chi connectivity index (χ1n) is 6.07. The van der Waals surface area contributed by atoms with E-state index in [1.165, 1.54) is 4.57 Å². The van der Waals surface area contributed by atoms with Crippen LogP contribution in [0.4, 0.5) is 5.69 Å². The predicted octanol–water partition coefficient (Wildman–Crippen LogP) is 1.67. The number of carbonyl (C=O) groups excluding carboxylic acids is 1. The van der Waals surface area contributed by atoms with E-state index in [2.05, 4.69) is 5.32 Å². The van der Waals surface area contributed by atoms with Gasteiger partial charge in [-0.2, -0.15) is 5.26 Å². The molecule has 0 unspecified atom stereocenters. The maximum absolute atomic E-state index is 11.9. The van der Waals surface area contributed by atoms with Gasteiger partial charge in [-0.15, -0.1) is 0 Å². The van der Waals surface area contributed by atoms with Crippen molar-refractivity contribution in [3.05, 3.63) is 64.1 Å². The number of benzene rings is 1. The number of hydrogen-bond donors (Lipinski definition) is 1. The number of anilines is 1. The molecule has 0 saturated carbocycles. The Labute approximate surface area is 116 Å². The van der Waals surface area contributed by atoms with Crippen LogP contribution in [0.5, 0.6) is 0 Å². The minimum absolute atomic E-state index is 0.0831. The number of rotatable bonds is 3. The Morgan fingerprint density at radius 3 is 2.80 bits per heavy atom. The molecule has 100 valence electrons. The first-order chi connectivity index (χ1) is 9.61. The molecule has 1 N–H and O–H groups in total. The topological polar surface area (TPSA) is 74.9 Å². The van der Waals surface area contributed by atoms with Gasteiger partial charge in [-0.3, -0.25) is 9.59 Å². The van der Waals surface area contributed by atoms with Crippen LogP contribution in [0.3, 0.4) is 0 Å². The van der Waals surface area contributed by atoms with Gasteiger partial charge in [0.25, 0.3) is 5.56 Å². The van der Waals surface area contributed by atoms with E-state index in [0.717, 1.165) is 0 Å². The van der Waals surface area contributed by atoms with E-state index < -0.39 is 0 Å². The molecular weight excluding hydrogens is 254 g/mol. The second-order valence-corrected chi connectivity index (χ2v) is 4.33. The van der Waals surface area contributed by atoms with E-state index in [1.807, 2.05) is 6.07 Å². The standard InChI is InChI=1S/C15H13N3O2/c1-11-5-4-8-18(15(11)20)10-14(19)17-13-7-3-2-6-12(13)9-16/h2-8H,10H2,1H3,(H,17,19). The van der Waals surface area contributed by atoms with Crippen LogP contribution in [0, 0.1) is 18.3 Å². The van der Waals surface area contributed by atoms with Crippen LogP contribution >= 0.6 is 0 Å². The Balaban J connectivity index is 2.16. The van der Waals surface area contributed by atoms with Crippen molar-refractivity contribution in [1.82, 2.24) is 4.57 Å². The number of aryl methyl sites for hydroxylation is 1. The highest BCUT2D eigenvalue weighted by Gasteiger charge is 2.08. The molecule has 0 saturated heterocycles. The van der Waals surface area contributed by atoms with E-state index in [-0.39, 0.29) is 18.0 Å². The zero-order chi connectivity index (χ0) is 14.5. The van der Waals surface area contributed by atoms with Crippen LogP contribution in [-0.2, 0) is 11.3 Å². The lowest BCUT2D eigenvalue weighted by atomic mass is 10.2. The van der Waals surface area contributed by atoms with Gasteiger partial charge < -0.3 is 9.88 Å². The molecule has 20 heavy (non-hydrogen) atoms. The molecule has 0 aliphatic heterocycles. The molecule has 1 aromatic carbocycles. The van der Waals surface area contributed by atoms with Crippen LogP contribution in [0.2, 0.25) is 0 Å². The van der Waals surface area contributed by atoms with Gasteiger partial charge in [0.2, 0.25) is 5.91 Å². The average Bonchev–Trinajstić information content (AvgIpc) is 2.44. The number of amides is 1. The molecule has 5 heteroatoms. The molecule has 2 rings (SSSR count). The zero-order valence-electron chi connectivity index (χ0n) is 11.0. The third kappa shape index (κ3) is 2.93. The number of nitrogens with one attached hydrogen (secondary N) is 1. The molecule has 1 aromatic heterocycles. The van der Waals surface area contributed by atoms with Crippen molar-refractivity contribution < 1.29 is 4.79 Å². The fraction of sp³-hybridized carbons (Fsp3) is 0.133. The van der Waals surface area contributed by atoms with Crippen molar-refractivity contribution in [2.45, 2.75) is 13.5 Å². The molecule has 1 heterocycles. The number of para-hydroxylation sites is 1. The zero-order valence-corrected chi connectivity index (χ0v) is 11.0. The van der Waals surface area contributed by atoms with Gasteiger partial charge in [0.15, 0.2) is 0 Å². The highest BCUT2D eigenvalue weighted by Crippen LogP contribution is 2.13. The van der Waals surface area contributed by atoms with E-state index in [4.69, 9.17) is 5.26 Å². The van der Waals surface area contributed by atoms with Crippen LogP contribution in [-0.4, -0.2) is 10.5 Å². The molecule has 0 spiro atoms. The van der Waals surface area contributed by atoms with Crippen molar-refractivity contribution in [2.24, 2.45) is 0 Å². The Morgan fingerprint density at radius 1 is 1.30 bits per heavy atom. The number of aromatic nitrogens is 1. The van der Waals surface area contributed by atoms with Crippen LogP contribution in [0.1, 0.15) is 11.1 Å². The van der Waals surface area contributed by atoms with Crippen molar-refractivity contribution in [3.63, 3.8) is 0 Å². The summed E-state index contributed by atoms with van der Waals surface area (Å²) in [5.74, 6) is -0.347. The maximum atomic E-state index is 11.9. The van der Waals surface area contributed by atoms with Crippen LogP contribution in [0.25, 0.3) is 0 Å². The minimum Gasteiger partial charge on any atom is -0.323 e. The minimum atomic E-state index is -0.347. The number of pyridine rings is 1. The molecule has 0 radical (unpaired) electrons. The molecule has 0 fully saturated rings. The summed E-state index contributed by atoms with van der Waals surface area (Å²) in [7, 11) is 0. The van der Waals surface area contributed by atoms with Crippen molar-refractivity contribution in [3.8, 4) is 6.07 Å². The fourth-order valence-corrected chi connectivity index (χ4v) is 1.82. The summed E-state index contributed by atoms with van der Waals surface area (Å²) >= 11 is 0. The highest BCUT2D eigenvalue weighted by molar-refractivity contribution is 5.91. The van der Waals surface area contributed by atoms with E-state index in [9.17, 15) is 9.59 Å². The summed E-state index contributed by atoms with van der Waals surface area (Å²) in [6.07, 6.45) is 1.56. The quantitative estimate of drug-likeness (QED) is 0.919. The molecular formula is C15H13N3O2. The largest absolute Gasteiger partial charge is 0.323 e. The summed E-state index contributed by atoms with van der Waals surface area (Å²) in [4.78, 5) is 23.7. The van der Waals surface area contributed by atoms with Gasteiger partial charge >= 0.3 is 0 Å². The lowest BCUT2D eigenvalue weighted by Crippen LogP contribution is -2.28. The smallest absolute Gasteiger partial charge is 0.253 e. The SMILES string of the molecule is Cc1cccn(CC(=O)Nc2ccccc2C#N)c1=O. The Bertz CT molecular complexity index is 741. The first-order valence-corrected chi connectivity index (χ1v) is 6.07. The third-order valence-electron chi connectivity index (χ3n) is 2.85. The lowest BCUT2D eigenvalue weighted by Gasteiger charge is -2.08. The summed E-state index contributed by atoms with van der Waals surface area (Å²) in [5, 5.41) is 11.6. The molecule has 0 aliphatic rings. The first kappa shape index (κ1) is 13.6. The van der Waals surface area contributed by atoms with Crippen molar-refractivity contribution in [2.75, 3.05) is 5.32 Å². The monoisotopic (exact) mass is 267 g/mol. The van der Waals surface area contributed by atoms with Gasteiger partial charge in [-0.25, -0.2) is 0 Å². The van der Waals surface area contributed by atoms with E-state index in [1.54, 1.807) is 49.5 Å². The average molecular weight is 267 g/mol. The molecule has 1 amide bonds. The molecule has 5 nitrogen and oxygen atoms in total. The van der Waals surface area contributed by atoms with Crippen molar-refractivity contribution in [1.29, 1.82) is 5.26 Å². The van der Waals surface area contributed by atoms with E-state index >= 15 is 0 Å². The molecule has 0 bridgehead atoms. The van der Waals surface area contributed by atoms with Gasteiger partial charge in [0, 0.05) is 11.8 Å². The molecule has 0 aliphatic carbocycles. The molecule has 0 atom stereocenters. The normalized spacial score (nSPS) is 9.80.